The van der Waals surface area contributed by atoms with Crippen LogP contribution in [-0.4, -0.2) is 25.7 Å². The van der Waals surface area contributed by atoms with Gasteiger partial charge in [-0.3, -0.25) is 4.31 Å². The van der Waals surface area contributed by atoms with E-state index in [4.69, 9.17) is 16.3 Å². The Morgan fingerprint density at radius 3 is 2.53 bits per heavy atom. The van der Waals surface area contributed by atoms with E-state index >= 15 is 0 Å². The van der Waals surface area contributed by atoms with Crippen molar-refractivity contribution in [2.24, 2.45) is 0 Å². The Balaban J connectivity index is 1.49. The first-order valence-electron chi connectivity index (χ1n) is 11.8. The molecule has 5 nitrogen and oxygen atoms in total. The highest BCUT2D eigenvalue weighted by atomic mass is 35.5. The van der Waals surface area contributed by atoms with E-state index in [0.717, 1.165) is 59.0 Å². The molecule has 0 radical (unpaired) electrons. The smallest absolute Gasteiger partial charge is 0.235 e. The molecule has 0 bridgehead atoms. The molecule has 7 heteroatoms. The lowest BCUT2D eigenvalue weighted by Crippen LogP contribution is -2.33. The lowest BCUT2D eigenvalue weighted by atomic mass is 9.97. The van der Waals surface area contributed by atoms with Crippen molar-refractivity contribution < 1.29 is 13.2 Å². The summed E-state index contributed by atoms with van der Waals surface area (Å²) in [5.74, 6) is 0.804. The number of hydrogen-bond donors (Lipinski definition) is 0. The predicted octanol–water partition coefficient (Wildman–Crippen LogP) is 6.09. The maximum atomic E-state index is 13.2. The van der Waals surface area contributed by atoms with Gasteiger partial charge in [0.15, 0.2) is 0 Å². The predicted molar refractivity (Wildman–Crippen MR) is 136 cm³/mol. The summed E-state index contributed by atoms with van der Waals surface area (Å²) in [6, 6.07) is 19.1. The van der Waals surface area contributed by atoms with Crippen LogP contribution in [0.15, 0.2) is 54.6 Å². The molecule has 0 saturated heterocycles. The number of nitrogens with zero attached hydrogens (tertiary/aromatic N) is 2. The Morgan fingerprint density at radius 2 is 1.79 bits per heavy atom. The van der Waals surface area contributed by atoms with Crippen LogP contribution in [0.1, 0.15) is 55.3 Å². The van der Waals surface area contributed by atoms with Gasteiger partial charge in [-0.25, -0.2) is 8.42 Å². The number of hydrogen-bond acceptors (Lipinski definition) is 4. The van der Waals surface area contributed by atoms with Crippen molar-refractivity contribution in [1.29, 1.82) is 5.26 Å². The zero-order chi connectivity index (χ0) is 23.9. The molecule has 2 aliphatic rings. The number of benzene rings is 3. The van der Waals surface area contributed by atoms with Gasteiger partial charge in [0.1, 0.15) is 5.75 Å². The number of halogens is 1. The van der Waals surface area contributed by atoms with Gasteiger partial charge in [-0.2, -0.15) is 5.26 Å². The van der Waals surface area contributed by atoms with E-state index in [1.165, 1.54) is 0 Å². The summed E-state index contributed by atoms with van der Waals surface area (Å²) in [5.41, 5.74) is 3.19. The van der Waals surface area contributed by atoms with E-state index in [2.05, 4.69) is 6.07 Å². The topological polar surface area (TPSA) is 70.4 Å². The van der Waals surface area contributed by atoms with Gasteiger partial charge >= 0.3 is 0 Å². The zero-order valence-corrected chi connectivity index (χ0v) is 20.6. The Morgan fingerprint density at radius 1 is 1.03 bits per heavy atom. The Hall–Kier alpha value is -2.75. The maximum Gasteiger partial charge on any atom is 0.235 e. The van der Waals surface area contributed by atoms with Crippen LogP contribution in [0.25, 0.3) is 10.8 Å². The minimum Gasteiger partial charge on any atom is -0.490 e. The molecule has 3 aromatic rings. The van der Waals surface area contributed by atoms with E-state index in [1.807, 2.05) is 48.5 Å². The molecular formula is C27H27ClN2O3S. The van der Waals surface area contributed by atoms with Crippen molar-refractivity contribution in [2.75, 3.05) is 10.1 Å². The molecular weight excluding hydrogens is 468 g/mol. The number of fused-ring (bicyclic) bond motifs is 2. The second-order valence-electron chi connectivity index (χ2n) is 9.13. The van der Waals surface area contributed by atoms with E-state index < -0.39 is 10.0 Å². The zero-order valence-electron chi connectivity index (χ0n) is 19.1. The van der Waals surface area contributed by atoms with Crippen molar-refractivity contribution in [3.05, 3.63) is 71.3 Å². The minimum absolute atomic E-state index is 0.0228. The van der Waals surface area contributed by atoms with Crippen LogP contribution in [-0.2, 0) is 16.4 Å². The Labute approximate surface area is 206 Å². The summed E-state index contributed by atoms with van der Waals surface area (Å²) in [4.78, 5) is 0. The summed E-state index contributed by atoms with van der Waals surface area (Å²) >= 11 is 6.23. The normalized spacial score (nSPS) is 22.4. The summed E-state index contributed by atoms with van der Waals surface area (Å²) in [6.45, 7) is 1.68. The van der Waals surface area contributed by atoms with Crippen molar-refractivity contribution in [2.45, 2.75) is 56.6 Å². The second-order valence-corrected chi connectivity index (χ2v) is 11.9. The van der Waals surface area contributed by atoms with Crippen molar-refractivity contribution >= 4 is 38.1 Å². The first kappa shape index (κ1) is 23.0. The molecule has 1 atom stereocenters. The summed E-state index contributed by atoms with van der Waals surface area (Å²) in [5, 5.41) is 11.5. The van der Waals surface area contributed by atoms with Crippen LogP contribution in [0.4, 0.5) is 5.69 Å². The molecule has 0 spiro atoms. The monoisotopic (exact) mass is 494 g/mol. The van der Waals surface area contributed by atoms with E-state index in [1.54, 1.807) is 17.3 Å². The van der Waals surface area contributed by atoms with Crippen LogP contribution >= 0.6 is 11.6 Å². The van der Waals surface area contributed by atoms with Crippen LogP contribution < -0.4 is 9.04 Å². The van der Waals surface area contributed by atoms with E-state index in [-0.39, 0.29) is 23.3 Å². The molecule has 0 N–H and O–H groups in total. The molecule has 0 amide bonds. The maximum absolute atomic E-state index is 13.2. The first-order valence-corrected chi connectivity index (χ1v) is 13.8. The van der Waals surface area contributed by atoms with Crippen LogP contribution in [0, 0.1) is 11.3 Å². The Kier molecular flexibility index (Phi) is 6.18. The van der Waals surface area contributed by atoms with Crippen molar-refractivity contribution in [3.8, 4) is 11.8 Å². The highest BCUT2D eigenvalue weighted by Gasteiger charge is 2.38. The minimum atomic E-state index is -3.50. The molecule has 1 saturated carbocycles. The van der Waals surface area contributed by atoms with Crippen LogP contribution in [0.5, 0.6) is 5.75 Å². The molecule has 5 rings (SSSR count). The van der Waals surface area contributed by atoms with Gasteiger partial charge in [0.2, 0.25) is 10.0 Å². The van der Waals surface area contributed by atoms with Gasteiger partial charge in [-0.05, 0) is 90.9 Å². The molecule has 0 aromatic heterocycles. The average molecular weight is 495 g/mol. The number of ether oxygens (including phenoxy) is 1. The van der Waals surface area contributed by atoms with Crippen molar-refractivity contribution in [3.63, 3.8) is 0 Å². The van der Waals surface area contributed by atoms with Crippen molar-refractivity contribution in [1.82, 2.24) is 0 Å². The molecule has 1 aliphatic heterocycles. The van der Waals surface area contributed by atoms with Crippen LogP contribution in [0.2, 0.25) is 0 Å². The molecule has 176 valence electrons. The number of rotatable bonds is 5. The Bertz CT molecular complexity index is 1370. The van der Waals surface area contributed by atoms with Gasteiger partial charge in [0.05, 0.1) is 35.2 Å². The highest BCUT2D eigenvalue weighted by Crippen LogP contribution is 2.44. The second kappa shape index (κ2) is 9.13. The molecule has 1 heterocycles. The lowest BCUT2D eigenvalue weighted by Gasteiger charge is -2.27. The third kappa shape index (κ3) is 4.35. The van der Waals surface area contributed by atoms with Gasteiger partial charge in [0, 0.05) is 11.8 Å². The molecule has 34 heavy (non-hydrogen) atoms. The molecule has 1 unspecified atom stereocenters. The lowest BCUT2D eigenvalue weighted by molar-refractivity contribution is 0.156. The van der Waals surface area contributed by atoms with Gasteiger partial charge in [0.25, 0.3) is 0 Å². The SMILES string of the molecule is CCS(=O)(=O)N1c2ccc(OC3CCC(Cl)CC3)cc2CC1c1ccc2ccc(C#N)cc2c1. The fourth-order valence-electron chi connectivity index (χ4n) is 5.08. The quantitative estimate of drug-likeness (QED) is 0.402. The average Bonchev–Trinajstić information content (AvgIpc) is 3.24. The van der Waals surface area contributed by atoms with E-state index in [0.29, 0.717) is 12.0 Å². The third-order valence-corrected chi connectivity index (χ3v) is 9.15. The highest BCUT2D eigenvalue weighted by molar-refractivity contribution is 7.92. The number of alkyl halides is 1. The van der Waals surface area contributed by atoms with E-state index in [9.17, 15) is 13.7 Å². The van der Waals surface area contributed by atoms with Gasteiger partial charge in [-0.15, -0.1) is 11.6 Å². The fraction of sp³-hybridized carbons (Fsp3) is 0.370. The van der Waals surface area contributed by atoms with Gasteiger partial charge in [-0.1, -0.05) is 18.2 Å². The molecule has 3 aromatic carbocycles. The van der Waals surface area contributed by atoms with Gasteiger partial charge < -0.3 is 4.74 Å². The van der Waals surface area contributed by atoms with Crippen LogP contribution in [0.3, 0.4) is 0 Å². The standard InChI is InChI=1S/C27H27ClN2O3S/c1-2-34(31,32)30-26-12-11-25(33-24-9-7-23(28)8-10-24)15-22(26)16-27(30)20-6-5-19-4-3-18(17-29)13-21(19)14-20/h3-6,11-15,23-24,27H,2,7-10,16H2,1H3. The molecule has 1 fully saturated rings. The number of sulfonamides is 1. The fourth-order valence-corrected chi connectivity index (χ4v) is 6.68. The summed E-state index contributed by atoms with van der Waals surface area (Å²) < 4.78 is 34.2. The number of nitriles is 1. The third-order valence-electron chi connectivity index (χ3n) is 6.93. The summed E-state index contributed by atoms with van der Waals surface area (Å²) in [6.07, 6.45) is 4.51. The molecule has 1 aliphatic carbocycles. The first-order chi connectivity index (χ1) is 16.4. The number of anilines is 1. The largest absolute Gasteiger partial charge is 0.490 e. The summed E-state index contributed by atoms with van der Waals surface area (Å²) in [7, 11) is -3.50.